The topological polar surface area (TPSA) is 149 Å². The number of nitrogens with one attached hydrogen (secondary N) is 2. The third-order valence-electron chi connectivity index (χ3n) is 5.76. The van der Waals surface area contributed by atoms with Crippen molar-refractivity contribution in [1.82, 2.24) is 24.1 Å². The molecule has 0 spiro atoms. The van der Waals surface area contributed by atoms with Crippen LogP contribution in [-0.4, -0.2) is 68.9 Å². The minimum absolute atomic E-state index is 0.0226. The van der Waals surface area contributed by atoms with Gasteiger partial charge >= 0.3 is 0 Å². The number of aliphatic hydroxyl groups excluding tert-OH is 1. The zero-order valence-corrected chi connectivity index (χ0v) is 18.1. The Bertz CT molecular complexity index is 1070. The molecule has 3 heterocycles. The van der Waals surface area contributed by atoms with Gasteiger partial charge in [-0.1, -0.05) is 0 Å². The fourth-order valence-electron chi connectivity index (χ4n) is 4.03. The maximum Gasteiger partial charge on any atom is 0.246 e. The Hall–Kier alpha value is -2.75. The number of aliphatic hydroxyl groups is 1. The van der Waals surface area contributed by atoms with Crippen molar-refractivity contribution in [3.05, 3.63) is 24.2 Å². The van der Waals surface area contributed by atoms with Gasteiger partial charge in [-0.15, -0.1) is 0 Å². The Morgan fingerprint density at radius 2 is 1.94 bits per heavy atom. The van der Waals surface area contributed by atoms with Gasteiger partial charge in [0.15, 0.2) is 0 Å². The smallest absolute Gasteiger partial charge is 0.246 e. The van der Waals surface area contributed by atoms with Crippen molar-refractivity contribution in [2.75, 3.05) is 23.7 Å². The van der Waals surface area contributed by atoms with Crippen LogP contribution in [0, 0.1) is 11.3 Å². The van der Waals surface area contributed by atoms with E-state index in [9.17, 15) is 18.8 Å². The van der Waals surface area contributed by atoms with Crippen LogP contribution in [0.5, 0.6) is 0 Å². The molecule has 4 rings (SSSR count). The lowest BCUT2D eigenvalue weighted by molar-refractivity contribution is 0.182. The Balaban J connectivity index is 1.38. The van der Waals surface area contributed by atoms with E-state index in [4.69, 9.17) is 0 Å². The van der Waals surface area contributed by atoms with Gasteiger partial charge < -0.3 is 15.7 Å². The average Bonchev–Trinajstić information content (AvgIpc) is 3.37. The van der Waals surface area contributed by atoms with Crippen molar-refractivity contribution in [3.63, 3.8) is 0 Å². The number of rotatable bonds is 6. The van der Waals surface area contributed by atoms with Crippen molar-refractivity contribution in [2.45, 2.75) is 55.2 Å². The minimum Gasteiger partial charge on any atom is -0.393 e. The van der Waals surface area contributed by atoms with Crippen LogP contribution in [0.25, 0.3) is 0 Å². The molecule has 11 nitrogen and oxygen atoms in total. The molecule has 0 unspecified atom stereocenters. The zero-order chi connectivity index (χ0) is 22.0. The van der Waals surface area contributed by atoms with Gasteiger partial charge in [-0.3, -0.25) is 4.68 Å². The second kappa shape index (κ2) is 8.78. The number of anilines is 2. The number of aryl methyl sites for hydroxylation is 1. The summed E-state index contributed by atoms with van der Waals surface area (Å²) in [5.41, 5.74) is 0.351. The van der Waals surface area contributed by atoms with Crippen LogP contribution in [0.15, 0.2) is 23.5 Å². The number of hydrogen-bond acceptors (Lipinski definition) is 9. The molecule has 1 aliphatic carbocycles. The Labute approximate surface area is 181 Å². The number of aromatic nitrogens is 4. The molecular formula is C19H26N8O3S. The van der Waals surface area contributed by atoms with Crippen LogP contribution in [0.3, 0.4) is 0 Å². The molecule has 166 valence electrons. The van der Waals surface area contributed by atoms with E-state index in [0.29, 0.717) is 49.7 Å². The summed E-state index contributed by atoms with van der Waals surface area (Å²) in [6, 6.07) is 2.19. The van der Waals surface area contributed by atoms with E-state index in [1.807, 2.05) is 0 Å². The molecule has 1 saturated carbocycles. The molecule has 3 N–H and O–H groups in total. The zero-order valence-electron chi connectivity index (χ0n) is 17.3. The average molecular weight is 447 g/mol. The van der Waals surface area contributed by atoms with Gasteiger partial charge in [0.2, 0.25) is 16.0 Å². The van der Waals surface area contributed by atoms with Crippen LogP contribution < -0.4 is 10.6 Å². The monoisotopic (exact) mass is 446 g/mol. The molecule has 2 atom stereocenters. The van der Waals surface area contributed by atoms with Crippen molar-refractivity contribution >= 4 is 21.8 Å². The molecule has 2 fully saturated rings. The van der Waals surface area contributed by atoms with E-state index in [2.05, 4.69) is 31.8 Å². The van der Waals surface area contributed by atoms with Gasteiger partial charge in [-0.05, 0) is 32.1 Å². The fraction of sp³-hybridized carbons (Fsp3) is 0.579. The second-order valence-corrected chi connectivity index (χ2v) is 9.99. The van der Waals surface area contributed by atoms with Crippen molar-refractivity contribution in [3.8, 4) is 6.07 Å². The maximum absolute atomic E-state index is 12.7. The number of nitrogens with zero attached hydrogens (tertiary/aromatic N) is 6. The molecule has 0 bridgehead atoms. The van der Waals surface area contributed by atoms with Crippen LogP contribution >= 0.6 is 0 Å². The molecule has 0 aromatic carbocycles. The Morgan fingerprint density at radius 1 is 1.16 bits per heavy atom. The van der Waals surface area contributed by atoms with E-state index >= 15 is 0 Å². The Morgan fingerprint density at radius 3 is 2.55 bits per heavy atom. The third kappa shape index (κ3) is 4.79. The summed E-state index contributed by atoms with van der Waals surface area (Å²) in [6.07, 6.45) is 7.42. The van der Waals surface area contributed by atoms with Crippen molar-refractivity contribution < 1.29 is 13.5 Å². The first-order valence-electron chi connectivity index (χ1n) is 10.3. The van der Waals surface area contributed by atoms with Crippen LogP contribution in [0.2, 0.25) is 0 Å². The van der Waals surface area contributed by atoms with Gasteiger partial charge in [0.1, 0.15) is 22.3 Å². The first kappa shape index (κ1) is 21.5. The number of piperidine rings is 1. The summed E-state index contributed by atoms with van der Waals surface area (Å²) < 4.78 is 28.4. The predicted octanol–water partition coefficient (Wildman–Crippen LogP) is 0.672. The SMILES string of the molecule is Cn1cc(S(=O)(=O)N2CCC(Nc3ncc(C#N)c(N[C@@H]4CC[C@@H](O)C4)n3)CC2)cn1. The van der Waals surface area contributed by atoms with Gasteiger partial charge in [0.05, 0.1) is 18.5 Å². The maximum atomic E-state index is 12.7. The first-order chi connectivity index (χ1) is 14.8. The number of nitriles is 1. The standard InChI is InChI=1S/C19H26N8O3S/c1-26-12-17(11-22-26)31(29,30)27-6-4-14(5-7-27)24-19-21-10-13(9-20)18(25-19)23-15-2-3-16(28)8-15/h10-12,14-16,28H,2-8H2,1H3,(H2,21,23,24,25)/t15-,16-/m1/s1. The molecular weight excluding hydrogens is 420 g/mol. The lowest BCUT2D eigenvalue weighted by Crippen LogP contribution is -2.42. The lowest BCUT2D eigenvalue weighted by atomic mass is 10.1. The normalized spacial score (nSPS) is 22.9. The van der Waals surface area contributed by atoms with Gasteiger partial charge in [-0.2, -0.15) is 19.6 Å². The molecule has 2 aromatic heterocycles. The lowest BCUT2D eigenvalue weighted by Gasteiger charge is -2.31. The number of sulfonamides is 1. The van der Waals surface area contributed by atoms with E-state index in [0.717, 1.165) is 12.8 Å². The largest absolute Gasteiger partial charge is 0.393 e. The van der Waals surface area contributed by atoms with E-state index in [1.165, 1.54) is 27.6 Å². The van der Waals surface area contributed by atoms with Crippen molar-refractivity contribution in [1.29, 1.82) is 5.26 Å². The highest BCUT2D eigenvalue weighted by molar-refractivity contribution is 7.89. The van der Waals surface area contributed by atoms with Gasteiger partial charge in [0, 0.05) is 38.4 Å². The van der Waals surface area contributed by atoms with Crippen LogP contribution in [0.4, 0.5) is 11.8 Å². The summed E-state index contributed by atoms with van der Waals surface area (Å²) >= 11 is 0. The van der Waals surface area contributed by atoms with E-state index < -0.39 is 10.0 Å². The Kier molecular flexibility index (Phi) is 6.08. The summed E-state index contributed by atoms with van der Waals surface area (Å²) in [5.74, 6) is 0.851. The van der Waals surface area contributed by atoms with Crippen molar-refractivity contribution in [2.24, 2.45) is 7.05 Å². The third-order valence-corrected chi connectivity index (χ3v) is 7.61. The molecule has 31 heavy (non-hydrogen) atoms. The molecule has 1 saturated heterocycles. The van der Waals surface area contributed by atoms with Gasteiger partial charge in [0.25, 0.3) is 0 Å². The molecule has 12 heteroatoms. The summed E-state index contributed by atoms with van der Waals surface area (Å²) in [7, 11) is -1.86. The molecule has 1 aliphatic heterocycles. The fourth-order valence-corrected chi connectivity index (χ4v) is 5.49. The highest BCUT2D eigenvalue weighted by atomic mass is 32.2. The van der Waals surface area contributed by atoms with Crippen LogP contribution in [0.1, 0.15) is 37.7 Å². The molecule has 0 radical (unpaired) electrons. The summed E-state index contributed by atoms with van der Waals surface area (Å²) in [5, 5.41) is 29.5. The predicted molar refractivity (Wildman–Crippen MR) is 113 cm³/mol. The summed E-state index contributed by atoms with van der Waals surface area (Å²) in [6.45, 7) is 0.770. The first-order valence-corrected chi connectivity index (χ1v) is 11.8. The number of hydrogen-bond donors (Lipinski definition) is 3. The highest BCUT2D eigenvalue weighted by Gasteiger charge is 2.31. The minimum atomic E-state index is -3.55. The van der Waals surface area contributed by atoms with E-state index in [1.54, 1.807) is 7.05 Å². The second-order valence-electron chi connectivity index (χ2n) is 8.05. The summed E-state index contributed by atoms with van der Waals surface area (Å²) in [4.78, 5) is 8.90. The highest BCUT2D eigenvalue weighted by Crippen LogP contribution is 2.25. The quantitative estimate of drug-likeness (QED) is 0.582. The molecule has 2 aliphatic rings. The van der Waals surface area contributed by atoms with Gasteiger partial charge in [-0.25, -0.2) is 13.4 Å². The molecule has 2 aromatic rings. The van der Waals surface area contributed by atoms with Crippen LogP contribution in [-0.2, 0) is 17.1 Å². The van der Waals surface area contributed by atoms with E-state index in [-0.39, 0.29) is 23.1 Å². The molecule has 0 amide bonds.